The fraction of sp³-hybridized carbons (Fsp3) is 0.250. The van der Waals surface area contributed by atoms with E-state index in [0.29, 0.717) is 39.8 Å². The molecule has 0 saturated heterocycles. The van der Waals surface area contributed by atoms with Crippen molar-refractivity contribution in [1.29, 1.82) is 0 Å². The number of benzene rings is 3. The fourth-order valence-corrected chi connectivity index (χ4v) is 4.66. The predicted molar refractivity (Wildman–Crippen MR) is 141 cm³/mol. The van der Waals surface area contributed by atoms with Crippen LogP contribution in [0.3, 0.4) is 0 Å². The van der Waals surface area contributed by atoms with E-state index in [2.05, 4.69) is 5.32 Å². The van der Waals surface area contributed by atoms with E-state index in [4.69, 9.17) is 23.2 Å². The lowest BCUT2D eigenvalue weighted by Gasteiger charge is -2.28. The normalized spacial score (nSPS) is 16.1. The summed E-state index contributed by atoms with van der Waals surface area (Å²) in [6.07, 6.45) is -0.844. The van der Waals surface area contributed by atoms with Crippen LogP contribution in [0.1, 0.15) is 41.8 Å². The van der Waals surface area contributed by atoms with Crippen LogP contribution in [0, 0.1) is 5.92 Å². The van der Waals surface area contributed by atoms with Gasteiger partial charge in [-0.25, -0.2) is 0 Å². The number of Topliss-reactive ketones (excluding diaryl/α,β-unsaturated/α-hetero) is 1. The number of nitrogens with one attached hydrogen (secondary N) is 1. The van der Waals surface area contributed by atoms with Crippen LogP contribution in [-0.4, -0.2) is 40.7 Å². The summed E-state index contributed by atoms with van der Waals surface area (Å²) in [4.78, 5) is 40.9. The van der Waals surface area contributed by atoms with Gasteiger partial charge in [-0.3, -0.25) is 14.4 Å². The molecular weight excluding hydrogens is 499 g/mol. The van der Waals surface area contributed by atoms with Gasteiger partial charge in [0.1, 0.15) is 0 Å². The maximum atomic E-state index is 13.2. The molecule has 2 atom stereocenters. The molecule has 0 spiro atoms. The molecule has 0 radical (unpaired) electrons. The highest BCUT2D eigenvalue weighted by Crippen LogP contribution is 2.31. The molecular formula is C28H26Cl2N2O4. The van der Waals surface area contributed by atoms with Gasteiger partial charge in [0.2, 0.25) is 5.91 Å². The third kappa shape index (κ3) is 5.78. The van der Waals surface area contributed by atoms with E-state index in [0.717, 1.165) is 11.1 Å². The highest BCUT2D eigenvalue weighted by atomic mass is 35.5. The quantitative estimate of drug-likeness (QED) is 0.410. The average Bonchev–Trinajstić information content (AvgIpc) is 2.98. The second-order valence-corrected chi connectivity index (χ2v) is 9.70. The van der Waals surface area contributed by atoms with Crippen LogP contribution in [0.4, 0.5) is 5.69 Å². The maximum Gasteiger partial charge on any atom is 0.256 e. The van der Waals surface area contributed by atoms with Crippen molar-refractivity contribution in [2.75, 3.05) is 18.4 Å². The number of hydrogen-bond acceptors (Lipinski definition) is 4. The molecule has 0 aromatic heterocycles. The molecule has 1 heterocycles. The molecule has 2 N–H and O–H groups in total. The lowest BCUT2D eigenvalue weighted by atomic mass is 9.95. The SMILES string of the molecule is CCCN(CC1CC(=O)c2cc(-c3ccc(Cl)cc3)ccc2NC1=O)C(=O)C(O)c1cccc(Cl)c1. The number of anilines is 1. The summed E-state index contributed by atoms with van der Waals surface area (Å²) in [6.45, 7) is 2.25. The zero-order chi connectivity index (χ0) is 25.8. The largest absolute Gasteiger partial charge is 0.378 e. The lowest BCUT2D eigenvalue weighted by Crippen LogP contribution is -2.42. The number of aliphatic hydroxyl groups excluding tert-OH is 1. The Balaban J connectivity index is 1.54. The Morgan fingerprint density at radius 3 is 2.44 bits per heavy atom. The van der Waals surface area contributed by atoms with E-state index in [1.165, 1.54) is 11.0 Å². The van der Waals surface area contributed by atoms with E-state index < -0.39 is 17.9 Å². The fourth-order valence-electron chi connectivity index (χ4n) is 4.33. The minimum absolute atomic E-state index is 0.0138. The third-order valence-electron chi connectivity index (χ3n) is 6.20. The van der Waals surface area contributed by atoms with Crippen molar-refractivity contribution < 1.29 is 19.5 Å². The van der Waals surface area contributed by atoms with Gasteiger partial charge in [0.25, 0.3) is 5.91 Å². The first kappa shape index (κ1) is 25.9. The molecule has 6 nitrogen and oxygen atoms in total. The molecule has 0 saturated carbocycles. The van der Waals surface area contributed by atoms with Crippen molar-refractivity contribution in [2.24, 2.45) is 5.92 Å². The van der Waals surface area contributed by atoms with Gasteiger partial charge in [0.05, 0.1) is 11.6 Å². The number of carbonyl (C=O) groups excluding carboxylic acids is 3. The number of nitrogens with zero attached hydrogens (tertiary/aromatic N) is 1. The van der Waals surface area contributed by atoms with Crippen molar-refractivity contribution in [3.8, 4) is 11.1 Å². The number of hydrogen-bond donors (Lipinski definition) is 2. The van der Waals surface area contributed by atoms with Gasteiger partial charge >= 0.3 is 0 Å². The Labute approximate surface area is 219 Å². The smallest absolute Gasteiger partial charge is 0.256 e. The van der Waals surface area contributed by atoms with Crippen molar-refractivity contribution in [1.82, 2.24) is 4.90 Å². The van der Waals surface area contributed by atoms with Crippen molar-refractivity contribution >= 4 is 46.5 Å². The molecule has 186 valence electrons. The molecule has 2 unspecified atom stereocenters. The van der Waals surface area contributed by atoms with E-state index in [9.17, 15) is 19.5 Å². The number of fused-ring (bicyclic) bond motifs is 1. The number of ketones is 1. The van der Waals surface area contributed by atoms with Gasteiger partial charge in [-0.15, -0.1) is 0 Å². The summed E-state index contributed by atoms with van der Waals surface area (Å²) in [5, 5.41) is 14.6. The first-order valence-corrected chi connectivity index (χ1v) is 12.5. The number of rotatable bonds is 7. The summed E-state index contributed by atoms with van der Waals surface area (Å²) >= 11 is 12.0. The number of carbonyl (C=O) groups is 3. The Bertz CT molecular complexity index is 1290. The minimum atomic E-state index is -1.42. The van der Waals surface area contributed by atoms with Crippen LogP contribution in [0.15, 0.2) is 66.7 Å². The summed E-state index contributed by atoms with van der Waals surface area (Å²) < 4.78 is 0. The molecule has 3 aromatic rings. The molecule has 0 fully saturated rings. The van der Waals surface area contributed by atoms with Crippen molar-refractivity contribution in [3.05, 3.63) is 87.9 Å². The summed E-state index contributed by atoms with van der Waals surface area (Å²) in [7, 11) is 0. The second kappa shape index (κ2) is 11.2. The Morgan fingerprint density at radius 2 is 1.75 bits per heavy atom. The van der Waals surface area contributed by atoms with Crippen LogP contribution in [0.5, 0.6) is 0 Å². The molecule has 0 aliphatic carbocycles. The first-order valence-electron chi connectivity index (χ1n) is 11.7. The van der Waals surface area contributed by atoms with E-state index in [1.54, 1.807) is 42.5 Å². The third-order valence-corrected chi connectivity index (χ3v) is 6.69. The molecule has 36 heavy (non-hydrogen) atoms. The van der Waals surface area contributed by atoms with Gasteiger partial charge in [0.15, 0.2) is 11.9 Å². The van der Waals surface area contributed by atoms with Gasteiger partial charge in [0, 0.05) is 35.1 Å². The highest BCUT2D eigenvalue weighted by Gasteiger charge is 2.33. The minimum Gasteiger partial charge on any atom is -0.378 e. The van der Waals surface area contributed by atoms with Crippen LogP contribution in [0.25, 0.3) is 11.1 Å². The maximum absolute atomic E-state index is 13.2. The summed E-state index contributed by atoms with van der Waals surface area (Å²) in [5.41, 5.74) is 2.97. The zero-order valence-corrected chi connectivity index (χ0v) is 21.2. The molecule has 8 heteroatoms. The predicted octanol–water partition coefficient (Wildman–Crippen LogP) is 5.77. The Hall–Kier alpha value is -3.19. The highest BCUT2D eigenvalue weighted by molar-refractivity contribution is 6.31. The molecule has 0 bridgehead atoms. The molecule has 1 aliphatic rings. The van der Waals surface area contributed by atoms with Gasteiger partial charge < -0.3 is 15.3 Å². The lowest BCUT2D eigenvalue weighted by molar-refractivity contribution is -0.141. The van der Waals surface area contributed by atoms with Crippen molar-refractivity contribution in [2.45, 2.75) is 25.9 Å². The second-order valence-electron chi connectivity index (χ2n) is 8.82. The number of halogens is 2. The standard InChI is InChI=1S/C28H26Cl2N2O4/c1-2-12-32(28(36)26(34)19-4-3-5-22(30)13-19)16-20-15-25(33)23-14-18(8-11-24(23)31-27(20)35)17-6-9-21(29)10-7-17/h3-11,13-14,20,26,34H,2,12,15-16H2,1H3,(H,31,35). The monoisotopic (exact) mass is 524 g/mol. The Kier molecular flexibility index (Phi) is 8.09. The van der Waals surface area contributed by atoms with E-state index in [-0.39, 0.29) is 24.7 Å². The number of amides is 2. The van der Waals surface area contributed by atoms with Crippen LogP contribution < -0.4 is 5.32 Å². The zero-order valence-electron chi connectivity index (χ0n) is 19.7. The van der Waals surface area contributed by atoms with Crippen LogP contribution in [-0.2, 0) is 9.59 Å². The van der Waals surface area contributed by atoms with Crippen LogP contribution in [0.2, 0.25) is 10.0 Å². The summed E-state index contributed by atoms with van der Waals surface area (Å²) in [5.74, 6) is -1.83. The van der Waals surface area contributed by atoms with Gasteiger partial charge in [-0.1, -0.05) is 60.5 Å². The van der Waals surface area contributed by atoms with E-state index >= 15 is 0 Å². The Morgan fingerprint density at radius 1 is 1.03 bits per heavy atom. The van der Waals surface area contributed by atoms with Crippen molar-refractivity contribution in [3.63, 3.8) is 0 Å². The first-order chi connectivity index (χ1) is 17.3. The van der Waals surface area contributed by atoms with Gasteiger partial charge in [-0.2, -0.15) is 0 Å². The topological polar surface area (TPSA) is 86.7 Å². The van der Waals surface area contributed by atoms with E-state index in [1.807, 2.05) is 25.1 Å². The van der Waals surface area contributed by atoms with Gasteiger partial charge in [-0.05, 0) is 59.5 Å². The number of aliphatic hydroxyl groups is 1. The molecule has 3 aromatic carbocycles. The molecule has 4 rings (SSSR count). The average molecular weight is 525 g/mol. The van der Waals surface area contributed by atoms with Crippen LogP contribution >= 0.6 is 23.2 Å². The molecule has 2 amide bonds. The molecule has 1 aliphatic heterocycles. The summed E-state index contributed by atoms with van der Waals surface area (Å²) in [6, 6.07) is 19.1.